The number of hydrogen-bond acceptors (Lipinski definition) is 4. The third-order valence-corrected chi connectivity index (χ3v) is 6.07. The summed E-state index contributed by atoms with van der Waals surface area (Å²) in [7, 11) is 0. The van der Waals surface area contributed by atoms with Crippen molar-refractivity contribution in [3.63, 3.8) is 0 Å². The monoisotopic (exact) mass is 449 g/mol. The molecule has 7 nitrogen and oxygen atoms in total. The zero-order valence-electron chi connectivity index (χ0n) is 17.5. The predicted molar refractivity (Wildman–Crippen MR) is 123 cm³/mol. The molecule has 0 aliphatic heterocycles. The highest BCUT2D eigenvalue weighted by Gasteiger charge is 2.24. The van der Waals surface area contributed by atoms with E-state index in [1.807, 2.05) is 0 Å². The summed E-state index contributed by atoms with van der Waals surface area (Å²) in [4.78, 5) is 16.6. The SMILES string of the molecule is N#Cc1cccc(NC(=O)N[C@H]2CC[C@@H](Cn3cncc3-c3cc(Cl)ccc3O)CC2)c1. The number of carbonyl (C=O) groups is 1. The average Bonchev–Trinajstić information content (AvgIpc) is 3.24. The lowest BCUT2D eigenvalue weighted by atomic mass is 9.86. The number of phenolic OH excluding ortho intramolecular Hbond substituents is 1. The van der Waals surface area contributed by atoms with Crippen LogP contribution in [0, 0.1) is 17.2 Å². The Morgan fingerprint density at radius 2 is 2.03 bits per heavy atom. The number of carbonyl (C=O) groups excluding carboxylic acids is 1. The molecule has 8 heteroatoms. The Balaban J connectivity index is 1.30. The first-order valence-electron chi connectivity index (χ1n) is 10.6. The third-order valence-electron chi connectivity index (χ3n) is 5.83. The summed E-state index contributed by atoms with van der Waals surface area (Å²) in [6.07, 6.45) is 7.26. The second kappa shape index (κ2) is 9.75. The number of urea groups is 1. The number of nitrogens with one attached hydrogen (secondary N) is 2. The van der Waals surface area contributed by atoms with Crippen LogP contribution in [0.2, 0.25) is 5.02 Å². The molecule has 1 aromatic heterocycles. The van der Waals surface area contributed by atoms with Gasteiger partial charge in [-0.1, -0.05) is 17.7 Å². The van der Waals surface area contributed by atoms with E-state index in [0.29, 0.717) is 27.8 Å². The third kappa shape index (κ3) is 5.21. The van der Waals surface area contributed by atoms with E-state index in [1.54, 1.807) is 55.0 Å². The lowest BCUT2D eigenvalue weighted by Gasteiger charge is -2.29. The van der Waals surface area contributed by atoms with Gasteiger partial charge in [0.2, 0.25) is 0 Å². The van der Waals surface area contributed by atoms with Crippen LogP contribution in [0.25, 0.3) is 11.3 Å². The second-order valence-corrected chi connectivity index (χ2v) is 8.54. The lowest BCUT2D eigenvalue weighted by Crippen LogP contribution is -2.40. The first kappa shape index (κ1) is 21.7. The van der Waals surface area contributed by atoms with Crippen molar-refractivity contribution in [3.05, 3.63) is 65.6 Å². The summed E-state index contributed by atoms with van der Waals surface area (Å²) < 4.78 is 2.05. The predicted octanol–water partition coefficient (Wildman–Crippen LogP) is 5.16. The molecule has 0 radical (unpaired) electrons. The zero-order chi connectivity index (χ0) is 22.5. The number of anilines is 1. The van der Waals surface area contributed by atoms with E-state index in [-0.39, 0.29) is 17.8 Å². The lowest BCUT2D eigenvalue weighted by molar-refractivity contribution is 0.234. The number of halogens is 1. The molecular weight excluding hydrogens is 426 g/mol. The number of imidazole rings is 1. The Morgan fingerprint density at radius 3 is 2.81 bits per heavy atom. The fraction of sp³-hybridized carbons (Fsp3) is 0.292. The minimum atomic E-state index is -0.253. The van der Waals surface area contributed by atoms with Crippen molar-refractivity contribution in [1.29, 1.82) is 5.26 Å². The zero-order valence-corrected chi connectivity index (χ0v) is 18.2. The summed E-state index contributed by atoms with van der Waals surface area (Å²) in [5, 5.41) is 25.6. The molecule has 1 aliphatic rings. The van der Waals surface area contributed by atoms with Gasteiger partial charge in [0, 0.05) is 28.9 Å². The van der Waals surface area contributed by atoms with Crippen LogP contribution in [0.4, 0.5) is 10.5 Å². The number of aromatic nitrogens is 2. The molecule has 1 heterocycles. The van der Waals surface area contributed by atoms with Gasteiger partial charge in [-0.15, -0.1) is 0 Å². The van der Waals surface area contributed by atoms with E-state index in [1.165, 1.54) is 0 Å². The Morgan fingerprint density at radius 1 is 1.22 bits per heavy atom. The van der Waals surface area contributed by atoms with Crippen LogP contribution in [0.3, 0.4) is 0 Å². The molecule has 4 rings (SSSR count). The summed E-state index contributed by atoms with van der Waals surface area (Å²) in [5.41, 5.74) is 2.62. The van der Waals surface area contributed by atoms with Gasteiger partial charge in [0.05, 0.1) is 29.9 Å². The minimum Gasteiger partial charge on any atom is -0.507 e. The molecule has 2 aromatic carbocycles. The number of nitriles is 1. The molecule has 0 saturated heterocycles. The summed E-state index contributed by atoms with van der Waals surface area (Å²) in [5.74, 6) is 0.632. The molecule has 32 heavy (non-hydrogen) atoms. The molecule has 1 saturated carbocycles. The molecule has 3 N–H and O–H groups in total. The van der Waals surface area contributed by atoms with Crippen LogP contribution in [0.1, 0.15) is 31.2 Å². The van der Waals surface area contributed by atoms with Crippen LogP contribution in [-0.4, -0.2) is 26.7 Å². The van der Waals surface area contributed by atoms with Gasteiger partial charge >= 0.3 is 6.03 Å². The summed E-state index contributed by atoms with van der Waals surface area (Å²) >= 11 is 6.11. The normalized spacial score (nSPS) is 18.0. The van der Waals surface area contributed by atoms with E-state index in [4.69, 9.17) is 16.9 Å². The maximum absolute atomic E-state index is 12.3. The Kier molecular flexibility index (Phi) is 6.62. The first-order valence-corrected chi connectivity index (χ1v) is 11.0. The van der Waals surface area contributed by atoms with Crippen LogP contribution in [-0.2, 0) is 6.54 Å². The number of hydrogen-bond donors (Lipinski definition) is 3. The van der Waals surface area contributed by atoms with Crippen molar-refractivity contribution in [2.45, 2.75) is 38.3 Å². The summed E-state index contributed by atoms with van der Waals surface area (Å²) in [6.45, 7) is 0.793. The molecule has 3 aromatic rings. The number of benzene rings is 2. The van der Waals surface area contributed by atoms with E-state index >= 15 is 0 Å². The number of amides is 2. The van der Waals surface area contributed by atoms with Crippen molar-refractivity contribution in [1.82, 2.24) is 14.9 Å². The fourth-order valence-electron chi connectivity index (χ4n) is 4.19. The summed E-state index contributed by atoms with van der Waals surface area (Å²) in [6, 6.07) is 13.8. The number of phenols is 1. The van der Waals surface area contributed by atoms with Crippen LogP contribution >= 0.6 is 11.6 Å². The minimum absolute atomic E-state index is 0.115. The molecule has 164 valence electrons. The average molecular weight is 450 g/mol. The van der Waals surface area contributed by atoms with Crippen LogP contribution < -0.4 is 10.6 Å². The Hall–Kier alpha value is -3.50. The number of aromatic hydroxyl groups is 1. The molecule has 2 amide bonds. The molecule has 0 atom stereocenters. The highest BCUT2D eigenvalue weighted by Crippen LogP contribution is 2.33. The van der Waals surface area contributed by atoms with E-state index in [9.17, 15) is 9.90 Å². The van der Waals surface area contributed by atoms with E-state index in [0.717, 1.165) is 37.9 Å². The largest absolute Gasteiger partial charge is 0.507 e. The molecule has 1 fully saturated rings. The second-order valence-electron chi connectivity index (χ2n) is 8.10. The first-order chi connectivity index (χ1) is 15.5. The van der Waals surface area contributed by atoms with Crippen molar-refractivity contribution in [2.75, 3.05) is 5.32 Å². The van der Waals surface area contributed by atoms with Gasteiger partial charge in [-0.3, -0.25) is 0 Å². The molecule has 1 aliphatic carbocycles. The molecule has 0 unspecified atom stereocenters. The van der Waals surface area contributed by atoms with Gasteiger partial charge in [-0.2, -0.15) is 5.26 Å². The van der Waals surface area contributed by atoms with Gasteiger partial charge < -0.3 is 20.3 Å². The van der Waals surface area contributed by atoms with Gasteiger partial charge in [-0.05, 0) is 68.0 Å². The van der Waals surface area contributed by atoms with Gasteiger partial charge in [0.15, 0.2) is 0 Å². The molecule has 0 spiro atoms. The van der Waals surface area contributed by atoms with Crippen molar-refractivity contribution in [3.8, 4) is 23.1 Å². The standard InChI is InChI=1S/C24H24ClN5O2/c25-18-6-9-23(31)21(11-18)22-13-27-15-30(22)14-16-4-7-19(8-5-16)28-24(32)29-20-3-1-2-17(10-20)12-26/h1-3,6,9-11,13,15-16,19,31H,4-5,7-8,14H2,(H2,28,29,32)/t16-,19+. The van der Waals surface area contributed by atoms with Crippen molar-refractivity contribution >= 4 is 23.3 Å². The highest BCUT2D eigenvalue weighted by molar-refractivity contribution is 6.30. The van der Waals surface area contributed by atoms with Crippen LogP contribution in [0.15, 0.2) is 55.0 Å². The van der Waals surface area contributed by atoms with E-state index < -0.39 is 0 Å². The number of rotatable bonds is 5. The topological polar surface area (TPSA) is 103 Å². The van der Waals surface area contributed by atoms with Crippen molar-refractivity contribution < 1.29 is 9.90 Å². The smallest absolute Gasteiger partial charge is 0.319 e. The maximum atomic E-state index is 12.3. The van der Waals surface area contributed by atoms with Crippen molar-refractivity contribution in [2.24, 2.45) is 5.92 Å². The van der Waals surface area contributed by atoms with Crippen LogP contribution in [0.5, 0.6) is 5.75 Å². The van der Waals surface area contributed by atoms with Gasteiger partial charge in [0.25, 0.3) is 0 Å². The van der Waals surface area contributed by atoms with Gasteiger partial charge in [0.1, 0.15) is 5.75 Å². The fourth-order valence-corrected chi connectivity index (χ4v) is 4.36. The molecule has 0 bridgehead atoms. The Bertz CT molecular complexity index is 1150. The van der Waals surface area contributed by atoms with E-state index in [2.05, 4.69) is 26.3 Å². The van der Waals surface area contributed by atoms with Gasteiger partial charge in [-0.25, -0.2) is 9.78 Å². The highest BCUT2D eigenvalue weighted by atomic mass is 35.5. The number of nitrogens with zero attached hydrogens (tertiary/aromatic N) is 3. The quantitative estimate of drug-likeness (QED) is 0.500. The maximum Gasteiger partial charge on any atom is 0.319 e. The molecular formula is C24H24ClN5O2. The Labute approximate surface area is 191 Å².